The molecule has 3 aromatic rings. The van der Waals surface area contributed by atoms with Crippen LogP contribution in [0, 0.1) is 6.92 Å². The number of amides is 1. The van der Waals surface area contributed by atoms with Gasteiger partial charge in [-0.2, -0.15) is 0 Å². The molecule has 0 bridgehead atoms. The van der Waals surface area contributed by atoms with Crippen molar-refractivity contribution in [1.82, 2.24) is 0 Å². The minimum atomic E-state index is -4.05. The van der Waals surface area contributed by atoms with E-state index >= 15 is 0 Å². The molecule has 7 nitrogen and oxygen atoms in total. The van der Waals surface area contributed by atoms with Crippen molar-refractivity contribution in [2.45, 2.75) is 18.7 Å². The Morgan fingerprint density at radius 1 is 1.00 bits per heavy atom. The second kappa shape index (κ2) is 10.6. The van der Waals surface area contributed by atoms with E-state index in [2.05, 4.69) is 21.2 Å². The fourth-order valence-corrected chi connectivity index (χ4v) is 4.88. The largest absolute Gasteiger partial charge is 0.462 e. The van der Waals surface area contributed by atoms with Gasteiger partial charge in [0.15, 0.2) is 0 Å². The minimum absolute atomic E-state index is 0.0628. The van der Waals surface area contributed by atoms with Crippen LogP contribution in [0.25, 0.3) is 0 Å². The Morgan fingerprint density at radius 3 is 2.36 bits per heavy atom. The first-order valence-corrected chi connectivity index (χ1v) is 12.4. The van der Waals surface area contributed by atoms with Crippen LogP contribution in [0.2, 0.25) is 0 Å². The summed E-state index contributed by atoms with van der Waals surface area (Å²) in [6, 6.07) is 19.5. The zero-order chi connectivity index (χ0) is 24.0. The number of nitrogens with one attached hydrogen (secondary N) is 1. The molecule has 0 aromatic heterocycles. The molecule has 0 radical (unpaired) electrons. The van der Waals surface area contributed by atoms with Crippen LogP contribution >= 0.6 is 15.9 Å². The lowest BCUT2D eigenvalue weighted by atomic mass is 10.2. The number of esters is 1. The van der Waals surface area contributed by atoms with Crippen LogP contribution in [0.15, 0.2) is 82.2 Å². The quantitative estimate of drug-likeness (QED) is 0.423. The number of carbonyl (C=O) groups is 2. The number of anilines is 2. The fraction of sp³-hybridized carbons (Fsp3) is 0.167. The average molecular weight is 531 g/mol. The van der Waals surface area contributed by atoms with Gasteiger partial charge in [-0.15, -0.1) is 0 Å². The molecule has 0 unspecified atom stereocenters. The van der Waals surface area contributed by atoms with Crippen LogP contribution in [-0.2, 0) is 19.6 Å². The Bertz CT molecular complexity index is 1260. The standard InChI is InChI=1S/C24H23BrN2O5S/c1-3-32-24(29)21-9-4-5-10-22(21)26-23(28)16-27(19-8-6-7-18(25)15-19)33(30,31)20-13-11-17(2)12-14-20/h4-15H,3,16H2,1-2H3,(H,26,28). The molecule has 172 valence electrons. The highest BCUT2D eigenvalue weighted by Crippen LogP contribution is 2.27. The monoisotopic (exact) mass is 530 g/mol. The third-order valence-electron chi connectivity index (χ3n) is 4.69. The van der Waals surface area contributed by atoms with Gasteiger partial charge in [-0.05, 0) is 56.3 Å². The summed E-state index contributed by atoms with van der Waals surface area (Å²) in [5.74, 6) is -1.19. The SMILES string of the molecule is CCOC(=O)c1ccccc1NC(=O)CN(c1cccc(Br)c1)S(=O)(=O)c1ccc(C)cc1. The Labute approximate surface area is 201 Å². The lowest BCUT2D eigenvalue weighted by Gasteiger charge is -2.24. The van der Waals surface area contributed by atoms with E-state index in [0.29, 0.717) is 10.2 Å². The minimum Gasteiger partial charge on any atom is -0.462 e. The first-order valence-electron chi connectivity index (χ1n) is 10.1. The molecule has 9 heteroatoms. The summed E-state index contributed by atoms with van der Waals surface area (Å²) < 4.78 is 33.7. The van der Waals surface area contributed by atoms with Crippen molar-refractivity contribution >= 4 is 49.2 Å². The maximum absolute atomic E-state index is 13.5. The molecule has 0 saturated heterocycles. The molecule has 0 aliphatic rings. The molecule has 1 N–H and O–H groups in total. The molecule has 0 heterocycles. The van der Waals surface area contributed by atoms with Crippen LogP contribution in [0.1, 0.15) is 22.8 Å². The summed E-state index contributed by atoms with van der Waals surface area (Å²) in [5, 5.41) is 2.64. The van der Waals surface area contributed by atoms with Crippen LogP contribution in [0.4, 0.5) is 11.4 Å². The first-order chi connectivity index (χ1) is 15.7. The molecular weight excluding hydrogens is 508 g/mol. The van der Waals surface area contributed by atoms with Gasteiger partial charge in [0.1, 0.15) is 6.54 Å². The molecule has 0 atom stereocenters. The van der Waals surface area contributed by atoms with E-state index < -0.39 is 28.4 Å². The topological polar surface area (TPSA) is 92.8 Å². The van der Waals surface area contributed by atoms with Crippen LogP contribution in [0.3, 0.4) is 0 Å². The third kappa shape index (κ3) is 6.00. The molecule has 1 amide bonds. The number of nitrogens with zero attached hydrogens (tertiary/aromatic N) is 1. The van der Waals surface area contributed by atoms with Crippen LogP contribution in [0.5, 0.6) is 0 Å². The van der Waals surface area contributed by atoms with Gasteiger partial charge in [0.25, 0.3) is 10.0 Å². The van der Waals surface area contributed by atoms with Gasteiger partial charge in [0.05, 0.1) is 28.4 Å². The van der Waals surface area contributed by atoms with Gasteiger partial charge in [0.2, 0.25) is 5.91 Å². The van der Waals surface area contributed by atoms with Crippen LogP contribution < -0.4 is 9.62 Å². The number of benzene rings is 3. The molecule has 0 aliphatic carbocycles. The van der Waals surface area contributed by atoms with Crippen molar-refractivity contribution in [2.75, 3.05) is 22.8 Å². The van der Waals surface area contributed by atoms with E-state index in [0.717, 1.165) is 9.87 Å². The molecule has 33 heavy (non-hydrogen) atoms. The Balaban J connectivity index is 1.94. The molecular formula is C24H23BrN2O5S. The second-order valence-electron chi connectivity index (χ2n) is 7.12. The van der Waals surface area contributed by atoms with Gasteiger partial charge in [-0.1, -0.05) is 51.8 Å². The first kappa shape index (κ1) is 24.5. The number of para-hydroxylation sites is 1. The van der Waals surface area contributed by atoms with E-state index in [1.54, 1.807) is 61.5 Å². The van der Waals surface area contributed by atoms with Gasteiger partial charge < -0.3 is 10.1 Å². The smallest absolute Gasteiger partial charge is 0.340 e. The molecule has 3 rings (SSSR count). The molecule has 3 aromatic carbocycles. The van der Waals surface area contributed by atoms with E-state index in [4.69, 9.17) is 4.74 Å². The van der Waals surface area contributed by atoms with Gasteiger partial charge in [-0.25, -0.2) is 13.2 Å². The summed E-state index contributed by atoms with van der Waals surface area (Å²) >= 11 is 3.35. The van der Waals surface area contributed by atoms with E-state index in [9.17, 15) is 18.0 Å². The number of hydrogen-bond acceptors (Lipinski definition) is 5. The molecule has 0 fully saturated rings. The predicted molar refractivity (Wildman–Crippen MR) is 131 cm³/mol. The van der Waals surface area contributed by atoms with E-state index in [1.165, 1.54) is 18.2 Å². The van der Waals surface area contributed by atoms with Gasteiger partial charge in [-0.3, -0.25) is 9.10 Å². The Kier molecular flexibility index (Phi) is 7.88. The van der Waals surface area contributed by atoms with Crippen molar-refractivity contribution < 1.29 is 22.7 Å². The van der Waals surface area contributed by atoms with Gasteiger partial charge >= 0.3 is 5.97 Å². The van der Waals surface area contributed by atoms with Crippen molar-refractivity contribution in [3.8, 4) is 0 Å². The zero-order valence-electron chi connectivity index (χ0n) is 18.1. The highest BCUT2D eigenvalue weighted by molar-refractivity contribution is 9.10. The Morgan fingerprint density at radius 2 is 1.70 bits per heavy atom. The average Bonchev–Trinajstić information content (AvgIpc) is 2.78. The van der Waals surface area contributed by atoms with Crippen molar-refractivity contribution in [1.29, 1.82) is 0 Å². The molecule has 0 saturated carbocycles. The fourth-order valence-electron chi connectivity index (χ4n) is 3.08. The number of sulfonamides is 1. The normalized spacial score (nSPS) is 11.0. The number of rotatable bonds is 8. The zero-order valence-corrected chi connectivity index (χ0v) is 20.5. The predicted octanol–water partition coefficient (Wildman–Crippen LogP) is 4.77. The lowest BCUT2D eigenvalue weighted by molar-refractivity contribution is -0.114. The number of hydrogen-bond donors (Lipinski definition) is 1. The number of halogens is 1. The van der Waals surface area contributed by atoms with Crippen molar-refractivity contribution in [2.24, 2.45) is 0 Å². The van der Waals surface area contributed by atoms with Crippen molar-refractivity contribution in [3.63, 3.8) is 0 Å². The number of ether oxygens (including phenoxy) is 1. The summed E-state index contributed by atoms with van der Waals surface area (Å²) in [4.78, 5) is 25.2. The summed E-state index contributed by atoms with van der Waals surface area (Å²) in [7, 11) is -4.05. The number of carbonyl (C=O) groups excluding carboxylic acids is 2. The van der Waals surface area contributed by atoms with E-state index in [1.807, 2.05) is 6.92 Å². The maximum atomic E-state index is 13.5. The third-order valence-corrected chi connectivity index (χ3v) is 6.97. The summed E-state index contributed by atoms with van der Waals surface area (Å²) in [6.45, 7) is 3.23. The maximum Gasteiger partial charge on any atom is 0.340 e. The number of aryl methyl sites for hydroxylation is 1. The Hall–Kier alpha value is -3.17. The lowest BCUT2D eigenvalue weighted by Crippen LogP contribution is -2.38. The van der Waals surface area contributed by atoms with E-state index in [-0.39, 0.29) is 22.8 Å². The van der Waals surface area contributed by atoms with Crippen LogP contribution in [-0.4, -0.2) is 33.4 Å². The summed E-state index contributed by atoms with van der Waals surface area (Å²) in [6.07, 6.45) is 0. The molecule has 0 aliphatic heterocycles. The summed E-state index contributed by atoms with van der Waals surface area (Å²) in [5.41, 5.74) is 1.65. The second-order valence-corrected chi connectivity index (χ2v) is 9.90. The van der Waals surface area contributed by atoms with Gasteiger partial charge in [0, 0.05) is 4.47 Å². The highest BCUT2D eigenvalue weighted by Gasteiger charge is 2.28. The van der Waals surface area contributed by atoms with Crippen molar-refractivity contribution in [3.05, 3.63) is 88.4 Å². The highest BCUT2D eigenvalue weighted by atomic mass is 79.9. The molecule has 0 spiro atoms.